The van der Waals surface area contributed by atoms with E-state index in [-0.39, 0.29) is 36.5 Å². The van der Waals surface area contributed by atoms with Crippen LogP contribution in [0.1, 0.15) is 36.5 Å². The second kappa shape index (κ2) is 18.6. The number of esters is 1. The monoisotopic (exact) mass is 763 g/mol. The van der Waals surface area contributed by atoms with Crippen LogP contribution in [0.25, 0.3) is 15.7 Å². The standard InChI is InChI=1S/C42H45N5O7S/c1-28-41(33-11-10-30-6-4-5-7-32(30)25-33)55-27-37(54-40(50)24-29-8-14-34(52-3)15-9-29)42(51)47(28)23-22-46(2)21-20-43-39(49)26-53-35-16-12-31(13-17-35)36-18-19-38(48)45-44-36/h4-17,25,37H,18-24,26-27H2,1-3H3,(H,43,49)(H,45,48). The maximum Gasteiger partial charge on any atom is 0.311 e. The number of hydrogen-bond acceptors (Lipinski definition) is 10. The highest BCUT2D eigenvalue weighted by atomic mass is 32.2. The Bertz CT molecular complexity index is 2080. The summed E-state index contributed by atoms with van der Waals surface area (Å²) in [6.45, 7) is 3.59. The van der Waals surface area contributed by atoms with Crippen molar-refractivity contribution in [3.8, 4) is 11.5 Å². The highest BCUT2D eigenvalue weighted by Gasteiger charge is 2.34. The molecule has 2 aliphatic heterocycles. The Morgan fingerprint density at radius 2 is 1.65 bits per heavy atom. The molecule has 0 saturated heterocycles. The van der Waals surface area contributed by atoms with Crippen LogP contribution >= 0.6 is 11.8 Å². The first-order chi connectivity index (χ1) is 26.7. The Labute approximate surface area is 324 Å². The summed E-state index contributed by atoms with van der Waals surface area (Å²) in [5.74, 6) is 0.427. The predicted octanol–water partition coefficient (Wildman–Crippen LogP) is 5.01. The van der Waals surface area contributed by atoms with Gasteiger partial charge in [0.1, 0.15) is 11.5 Å². The summed E-state index contributed by atoms with van der Waals surface area (Å²) < 4.78 is 16.8. The summed E-state index contributed by atoms with van der Waals surface area (Å²) in [6, 6.07) is 28.8. The van der Waals surface area contributed by atoms with Gasteiger partial charge in [0, 0.05) is 55.4 Å². The highest BCUT2D eigenvalue weighted by Crippen LogP contribution is 2.37. The van der Waals surface area contributed by atoms with Crippen LogP contribution in [0.5, 0.6) is 11.5 Å². The average molecular weight is 764 g/mol. The topological polar surface area (TPSA) is 139 Å². The molecule has 0 saturated carbocycles. The quantitative estimate of drug-likeness (QED) is 0.160. The summed E-state index contributed by atoms with van der Waals surface area (Å²) in [5, 5.41) is 9.22. The fourth-order valence-corrected chi connectivity index (χ4v) is 7.43. The van der Waals surface area contributed by atoms with Gasteiger partial charge in [-0.1, -0.05) is 48.5 Å². The fraction of sp³-hybridized carbons (Fsp3) is 0.310. The second-order valence-corrected chi connectivity index (χ2v) is 14.4. The van der Waals surface area contributed by atoms with Gasteiger partial charge < -0.3 is 29.3 Å². The Hall–Kier alpha value is -5.66. The van der Waals surface area contributed by atoms with Gasteiger partial charge in [0.15, 0.2) is 12.7 Å². The lowest BCUT2D eigenvalue weighted by atomic mass is 10.0. The van der Waals surface area contributed by atoms with Gasteiger partial charge in [-0.15, -0.1) is 11.8 Å². The lowest BCUT2D eigenvalue weighted by Gasteiger charge is -2.28. The van der Waals surface area contributed by atoms with Crippen LogP contribution in [-0.2, 0) is 30.3 Å². The number of nitrogens with one attached hydrogen (secondary N) is 2. The molecule has 4 aromatic rings. The van der Waals surface area contributed by atoms with E-state index in [0.29, 0.717) is 50.5 Å². The van der Waals surface area contributed by atoms with Crippen molar-refractivity contribution in [2.45, 2.75) is 32.3 Å². The molecule has 286 valence electrons. The van der Waals surface area contributed by atoms with E-state index in [1.807, 2.05) is 55.3 Å². The number of carbonyl (C=O) groups excluding carboxylic acids is 4. The average Bonchev–Trinajstić information content (AvgIpc) is 3.31. The van der Waals surface area contributed by atoms with E-state index in [4.69, 9.17) is 14.2 Å². The zero-order valence-corrected chi connectivity index (χ0v) is 32.0. The number of amides is 3. The number of hydrazone groups is 1. The minimum atomic E-state index is -0.965. The van der Waals surface area contributed by atoms with Gasteiger partial charge >= 0.3 is 5.97 Å². The molecule has 3 amide bonds. The number of rotatable bonds is 15. The van der Waals surface area contributed by atoms with Crippen molar-refractivity contribution in [1.29, 1.82) is 0 Å². The fourth-order valence-electron chi connectivity index (χ4n) is 6.29. The third-order valence-electron chi connectivity index (χ3n) is 9.43. The van der Waals surface area contributed by atoms with Crippen LogP contribution in [0.3, 0.4) is 0 Å². The van der Waals surface area contributed by atoms with Crippen molar-refractivity contribution >= 4 is 56.8 Å². The molecular weight excluding hydrogens is 719 g/mol. The van der Waals surface area contributed by atoms with E-state index in [1.54, 1.807) is 36.3 Å². The number of methoxy groups -OCH3 is 1. The molecule has 0 aromatic heterocycles. The number of hydrogen-bond donors (Lipinski definition) is 2. The Morgan fingerprint density at radius 1 is 0.927 bits per heavy atom. The van der Waals surface area contributed by atoms with Crippen LogP contribution in [0.15, 0.2) is 102 Å². The van der Waals surface area contributed by atoms with Crippen LogP contribution < -0.4 is 20.2 Å². The lowest BCUT2D eigenvalue weighted by Crippen LogP contribution is -2.44. The minimum Gasteiger partial charge on any atom is -0.497 e. The number of carbonyl (C=O) groups is 4. The molecule has 0 fully saturated rings. The lowest BCUT2D eigenvalue weighted by molar-refractivity contribution is -0.157. The Kier molecular flexibility index (Phi) is 13.2. The van der Waals surface area contributed by atoms with E-state index in [9.17, 15) is 19.2 Å². The van der Waals surface area contributed by atoms with Crippen LogP contribution in [0, 0.1) is 0 Å². The van der Waals surface area contributed by atoms with Crippen molar-refractivity contribution < 1.29 is 33.4 Å². The first-order valence-corrected chi connectivity index (χ1v) is 19.2. The second-order valence-electron chi connectivity index (χ2n) is 13.3. The van der Waals surface area contributed by atoms with Crippen molar-refractivity contribution in [1.82, 2.24) is 20.5 Å². The van der Waals surface area contributed by atoms with Crippen LogP contribution in [-0.4, -0.2) is 98.0 Å². The summed E-state index contributed by atoms with van der Waals surface area (Å²) in [5.41, 5.74) is 6.73. The van der Waals surface area contributed by atoms with E-state index in [0.717, 1.165) is 43.8 Å². The van der Waals surface area contributed by atoms with Gasteiger partial charge in [0.2, 0.25) is 5.91 Å². The molecule has 12 nitrogen and oxygen atoms in total. The Balaban J connectivity index is 1.04. The number of likely N-dealkylation sites (N-methyl/N-ethyl adjacent to an activating group) is 1. The van der Waals surface area contributed by atoms with E-state index >= 15 is 0 Å². The number of benzene rings is 4. The maximum atomic E-state index is 14.1. The summed E-state index contributed by atoms with van der Waals surface area (Å²) in [7, 11) is 3.51. The number of allylic oxidation sites excluding steroid dienone is 1. The first kappa shape index (κ1) is 39.0. The van der Waals surface area contributed by atoms with E-state index < -0.39 is 12.1 Å². The molecule has 6 rings (SSSR count). The zero-order chi connectivity index (χ0) is 38.7. The van der Waals surface area contributed by atoms with Crippen molar-refractivity contribution in [2.24, 2.45) is 5.10 Å². The summed E-state index contributed by atoms with van der Waals surface area (Å²) in [4.78, 5) is 55.9. The minimum absolute atomic E-state index is 0.0340. The van der Waals surface area contributed by atoms with Crippen molar-refractivity contribution in [2.75, 3.05) is 52.7 Å². The third-order valence-corrected chi connectivity index (χ3v) is 10.7. The summed E-state index contributed by atoms with van der Waals surface area (Å²) in [6.07, 6.45) is 0.0385. The van der Waals surface area contributed by atoms with Crippen LogP contribution in [0.2, 0.25) is 0 Å². The number of fused-ring (bicyclic) bond motifs is 1. The molecule has 13 heteroatoms. The van der Waals surface area contributed by atoms with Gasteiger partial charge in [-0.25, -0.2) is 5.43 Å². The van der Waals surface area contributed by atoms with Crippen LogP contribution in [0.4, 0.5) is 0 Å². The van der Waals surface area contributed by atoms with E-state index in [1.165, 1.54) is 11.8 Å². The van der Waals surface area contributed by atoms with Crippen molar-refractivity contribution in [3.05, 3.63) is 113 Å². The molecule has 0 aliphatic carbocycles. The maximum absolute atomic E-state index is 14.1. The summed E-state index contributed by atoms with van der Waals surface area (Å²) >= 11 is 1.52. The molecular formula is C42H45N5O7S. The van der Waals surface area contributed by atoms with Crippen molar-refractivity contribution in [3.63, 3.8) is 0 Å². The van der Waals surface area contributed by atoms with Gasteiger partial charge in [-0.3, -0.25) is 19.2 Å². The molecule has 0 spiro atoms. The number of thioether (sulfide) groups is 1. The third kappa shape index (κ3) is 10.5. The smallest absolute Gasteiger partial charge is 0.311 e. The van der Waals surface area contributed by atoms with Gasteiger partial charge in [0.05, 0.1) is 19.2 Å². The highest BCUT2D eigenvalue weighted by molar-refractivity contribution is 8.08. The number of ether oxygens (including phenoxy) is 3. The molecule has 2 N–H and O–H groups in total. The number of nitrogens with zero attached hydrogens (tertiary/aromatic N) is 3. The van der Waals surface area contributed by atoms with E-state index in [2.05, 4.69) is 46.2 Å². The molecule has 1 unspecified atom stereocenters. The predicted molar refractivity (Wildman–Crippen MR) is 214 cm³/mol. The zero-order valence-electron chi connectivity index (χ0n) is 31.2. The first-order valence-electron chi connectivity index (χ1n) is 18.2. The molecule has 0 bridgehead atoms. The normalized spacial score (nSPS) is 16.0. The largest absolute Gasteiger partial charge is 0.497 e. The molecule has 4 aromatic carbocycles. The van der Waals surface area contributed by atoms with Gasteiger partial charge in [-0.2, -0.15) is 5.10 Å². The molecule has 2 aliphatic rings. The molecule has 0 radical (unpaired) electrons. The van der Waals surface area contributed by atoms with Gasteiger partial charge in [-0.05, 0) is 83.9 Å². The molecule has 2 heterocycles. The molecule has 1 atom stereocenters. The molecule has 55 heavy (non-hydrogen) atoms. The van der Waals surface area contributed by atoms with Gasteiger partial charge in [0.25, 0.3) is 11.8 Å². The Morgan fingerprint density at radius 3 is 2.38 bits per heavy atom. The SMILES string of the molecule is COc1ccc(CC(=O)OC2CSC(c3ccc4ccccc4c3)=C(C)N(CCN(C)CCNC(=O)COc3ccc(C4=NNC(=O)CC4)cc3)C2=O)cc1.